The molecule has 0 aliphatic carbocycles. The fraction of sp³-hybridized carbons (Fsp3) is 0.0455. The molecule has 0 atom stereocenters. The summed E-state index contributed by atoms with van der Waals surface area (Å²) in [5, 5.41) is 1.14. The lowest BCUT2D eigenvalue weighted by molar-refractivity contribution is 0.303. The highest BCUT2D eigenvalue weighted by Gasteiger charge is 2.06. The summed E-state index contributed by atoms with van der Waals surface area (Å²) in [4.78, 5) is 4.67. The van der Waals surface area contributed by atoms with Crippen LogP contribution in [0.3, 0.4) is 0 Å². The van der Waals surface area contributed by atoms with Gasteiger partial charge in [0.1, 0.15) is 12.4 Å². The van der Waals surface area contributed by atoms with Crippen molar-refractivity contribution in [3.05, 3.63) is 96.7 Å². The number of hydrogen-bond acceptors (Lipinski definition) is 2. The molecule has 0 unspecified atom stereocenters. The van der Waals surface area contributed by atoms with E-state index in [4.69, 9.17) is 4.74 Å². The molecular weight excluding hydrogens is 294 g/mol. The van der Waals surface area contributed by atoms with Crippen molar-refractivity contribution in [3.8, 4) is 16.9 Å². The summed E-state index contributed by atoms with van der Waals surface area (Å²) in [7, 11) is 0. The zero-order valence-corrected chi connectivity index (χ0v) is 13.2. The summed E-state index contributed by atoms with van der Waals surface area (Å²) in [5.74, 6) is 0.874. The van der Waals surface area contributed by atoms with Gasteiger partial charge in [0.15, 0.2) is 0 Å². The fourth-order valence-electron chi connectivity index (χ4n) is 2.79. The standard InChI is InChI=1S/C22H17NO/c1-2-8-17(9-3-1)20-11-5-7-13-22(20)24-16-19-15-14-18-10-4-6-12-21(18)23-19/h1-15H,16H2. The monoisotopic (exact) mass is 311 g/mol. The molecule has 0 aliphatic heterocycles. The Morgan fingerprint density at radius 2 is 1.42 bits per heavy atom. The molecule has 4 aromatic rings. The molecule has 0 aliphatic rings. The first-order valence-corrected chi connectivity index (χ1v) is 8.02. The minimum atomic E-state index is 0.453. The molecule has 24 heavy (non-hydrogen) atoms. The van der Waals surface area contributed by atoms with Gasteiger partial charge >= 0.3 is 0 Å². The number of fused-ring (bicyclic) bond motifs is 1. The Hall–Kier alpha value is -3.13. The molecule has 116 valence electrons. The molecule has 0 fully saturated rings. The first-order chi connectivity index (χ1) is 11.9. The molecule has 0 saturated heterocycles. The summed E-state index contributed by atoms with van der Waals surface area (Å²) in [6.45, 7) is 0.453. The van der Waals surface area contributed by atoms with Crippen LogP contribution in [0.4, 0.5) is 0 Å². The van der Waals surface area contributed by atoms with Crippen LogP contribution in [0.1, 0.15) is 5.69 Å². The summed E-state index contributed by atoms with van der Waals surface area (Å²) < 4.78 is 6.06. The van der Waals surface area contributed by atoms with Crippen LogP contribution in [0.5, 0.6) is 5.75 Å². The molecule has 3 aromatic carbocycles. The van der Waals surface area contributed by atoms with Gasteiger partial charge in [0.2, 0.25) is 0 Å². The third kappa shape index (κ3) is 2.99. The second-order valence-electron chi connectivity index (χ2n) is 5.65. The van der Waals surface area contributed by atoms with Crippen molar-refractivity contribution in [2.75, 3.05) is 0 Å². The van der Waals surface area contributed by atoms with E-state index in [0.29, 0.717) is 6.61 Å². The second-order valence-corrected chi connectivity index (χ2v) is 5.65. The van der Waals surface area contributed by atoms with Gasteiger partial charge in [0.05, 0.1) is 11.2 Å². The predicted molar refractivity (Wildman–Crippen MR) is 98.0 cm³/mol. The van der Waals surface area contributed by atoms with E-state index < -0.39 is 0 Å². The lowest BCUT2D eigenvalue weighted by Crippen LogP contribution is -1.99. The predicted octanol–water partition coefficient (Wildman–Crippen LogP) is 5.48. The molecular formula is C22H17NO. The summed E-state index contributed by atoms with van der Waals surface area (Å²) in [6, 6.07) is 30.6. The average Bonchev–Trinajstić information content (AvgIpc) is 2.67. The van der Waals surface area contributed by atoms with E-state index in [1.54, 1.807) is 0 Å². The van der Waals surface area contributed by atoms with E-state index in [0.717, 1.165) is 33.5 Å². The van der Waals surface area contributed by atoms with E-state index in [2.05, 4.69) is 35.3 Å². The summed E-state index contributed by atoms with van der Waals surface area (Å²) >= 11 is 0. The maximum absolute atomic E-state index is 6.06. The van der Waals surface area contributed by atoms with Gasteiger partial charge in [-0.1, -0.05) is 72.8 Å². The van der Waals surface area contributed by atoms with Gasteiger partial charge in [-0.25, -0.2) is 4.98 Å². The van der Waals surface area contributed by atoms with E-state index in [1.807, 2.05) is 60.7 Å². The van der Waals surface area contributed by atoms with Crippen molar-refractivity contribution in [3.63, 3.8) is 0 Å². The Morgan fingerprint density at radius 3 is 2.33 bits per heavy atom. The van der Waals surface area contributed by atoms with Gasteiger partial charge in [-0.2, -0.15) is 0 Å². The fourth-order valence-corrected chi connectivity index (χ4v) is 2.79. The lowest BCUT2D eigenvalue weighted by Gasteiger charge is -2.11. The van der Waals surface area contributed by atoms with Gasteiger partial charge in [0.25, 0.3) is 0 Å². The van der Waals surface area contributed by atoms with Gasteiger partial charge in [0, 0.05) is 10.9 Å². The largest absolute Gasteiger partial charge is 0.487 e. The number of ether oxygens (including phenoxy) is 1. The number of para-hydroxylation sites is 2. The maximum Gasteiger partial charge on any atom is 0.130 e. The van der Waals surface area contributed by atoms with Crippen molar-refractivity contribution >= 4 is 10.9 Å². The third-order valence-electron chi connectivity index (χ3n) is 4.00. The number of rotatable bonds is 4. The van der Waals surface area contributed by atoms with Crippen LogP contribution in [0, 0.1) is 0 Å². The first kappa shape index (κ1) is 14.5. The molecule has 2 heteroatoms. The van der Waals surface area contributed by atoms with E-state index in [-0.39, 0.29) is 0 Å². The van der Waals surface area contributed by atoms with Crippen LogP contribution in [0.25, 0.3) is 22.0 Å². The Bertz CT molecular complexity index is 963. The molecule has 2 nitrogen and oxygen atoms in total. The molecule has 0 radical (unpaired) electrons. The molecule has 1 aromatic heterocycles. The normalized spacial score (nSPS) is 10.7. The zero-order valence-electron chi connectivity index (χ0n) is 13.2. The highest BCUT2D eigenvalue weighted by molar-refractivity contribution is 5.78. The second kappa shape index (κ2) is 6.55. The van der Waals surface area contributed by atoms with Crippen LogP contribution < -0.4 is 4.74 Å². The summed E-state index contributed by atoms with van der Waals surface area (Å²) in [5.41, 5.74) is 4.17. The lowest BCUT2D eigenvalue weighted by atomic mass is 10.1. The van der Waals surface area contributed by atoms with Gasteiger partial charge < -0.3 is 4.74 Å². The van der Waals surface area contributed by atoms with Gasteiger partial charge in [-0.05, 0) is 23.8 Å². The quantitative estimate of drug-likeness (QED) is 0.498. The SMILES string of the molecule is c1ccc(-c2ccccc2OCc2ccc3ccccc3n2)cc1. The van der Waals surface area contributed by atoms with Crippen molar-refractivity contribution < 1.29 is 4.74 Å². The average molecular weight is 311 g/mol. The van der Waals surface area contributed by atoms with Crippen LogP contribution in [-0.4, -0.2) is 4.98 Å². The Balaban J connectivity index is 1.59. The maximum atomic E-state index is 6.06. The highest BCUT2D eigenvalue weighted by atomic mass is 16.5. The Kier molecular flexibility index (Phi) is 3.95. The van der Waals surface area contributed by atoms with Crippen LogP contribution in [0.2, 0.25) is 0 Å². The molecule has 0 saturated carbocycles. The van der Waals surface area contributed by atoms with Crippen LogP contribution >= 0.6 is 0 Å². The van der Waals surface area contributed by atoms with E-state index in [9.17, 15) is 0 Å². The van der Waals surface area contributed by atoms with E-state index in [1.165, 1.54) is 0 Å². The molecule has 0 bridgehead atoms. The van der Waals surface area contributed by atoms with Crippen molar-refractivity contribution in [2.45, 2.75) is 6.61 Å². The third-order valence-corrected chi connectivity index (χ3v) is 4.00. The topological polar surface area (TPSA) is 22.1 Å². The molecule has 0 amide bonds. The number of hydrogen-bond donors (Lipinski definition) is 0. The molecule has 4 rings (SSSR count). The van der Waals surface area contributed by atoms with Crippen molar-refractivity contribution in [1.29, 1.82) is 0 Å². The smallest absolute Gasteiger partial charge is 0.130 e. The minimum Gasteiger partial charge on any atom is -0.487 e. The number of benzene rings is 3. The highest BCUT2D eigenvalue weighted by Crippen LogP contribution is 2.30. The van der Waals surface area contributed by atoms with Crippen LogP contribution in [-0.2, 0) is 6.61 Å². The summed E-state index contributed by atoms with van der Waals surface area (Å²) in [6.07, 6.45) is 0. The zero-order chi connectivity index (χ0) is 16.2. The molecule has 1 heterocycles. The number of aromatic nitrogens is 1. The Labute approximate surface area is 141 Å². The van der Waals surface area contributed by atoms with E-state index >= 15 is 0 Å². The van der Waals surface area contributed by atoms with Gasteiger partial charge in [-0.3, -0.25) is 0 Å². The van der Waals surface area contributed by atoms with Crippen molar-refractivity contribution in [1.82, 2.24) is 4.98 Å². The number of pyridine rings is 1. The minimum absolute atomic E-state index is 0.453. The first-order valence-electron chi connectivity index (χ1n) is 8.02. The molecule has 0 N–H and O–H groups in total. The van der Waals surface area contributed by atoms with Crippen molar-refractivity contribution in [2.24, 2.45) is 0 Å². The molecule has 0 spiro atoms. The van der Waals surface area contributed by atoms with Gasteiger partial charge in [-0.15, -0.1) is 0 Å². The van der Waals surface area contributed by atoms with Crippen LogP contribution in [0.15, 0.2) is 91.0 Å². The number of nitrogens with zero attached hydrogens (tertiary/aromatic N) is 1. The Morgan fingerprint density at radius 1 is 0.667 bits per heavy atom.